The van der Waals surface area contributed by atoms with E-state index in [4.69, 9.17) is 0 Å². The number of sulfonamides is 1. The van der Waals surface area contributed by atoms with Crippen molar-refractivity contribution in [3.8, 4) is 0 Å². The number of aryl methyl sites for hydroxylation is 4. The largest absolute Gasteiger partial charge is 0.350 e. The minimum absolute atomic E-state index is 0.0869. The fraction of sp³-hybridized carbons (Fsp3) is 0.500. The van der Waals surface area contributed by atoms with Gasteiger partial charge in [0.05, 0.1) is 4.90 Å². The Kier molecular flexibility index (Phi) is 5.90. The Balaban J connectivity index is 1.64. The van der Waals surface area contributed by atoms with Crippen LogP contribution in [-0.4, -0.2) is 48.0 Å². The first kappa shape index (κ1) is 20.5. The maximum absolute atomic E-state index is 13.0. The van der Waals surface area contributed by atoms with Crippen molar-refractivity contribution < 1.29 is 13.2 Å². The fourth-order valence-corrected chi connectivity index (χ4v) is 5.07. The van der Waals surface area contributed by atoms with Crippen molar-refractivity contribution in [2.45, 2.75) is 38.5 Å². The molecular formula is C20H28N4O3S. The van der Waals surface area contributed by atoms with E-state index < -0.39 is 10.0 Å². The molecule has 1 aliphatic rings. The van der Waals surface area contributed by atoms with E-state index in [0.717, 1.165) is 29.7 Å². The molecule has 2 heterocycles. The lowest BCUT2D eigenvalue weighted by atomic mass is 10.00. The number of benzene rings is 1. The van der Waals surface area contributed by atoms with Gasteiger partial charge in [-0.25, -0.2) is 8.42 Å². The molecule has 1 saturated heterocycles. The standard InChI is InChI=1S/C20H28N4O3S/c1-14-7-8-18(10-15(14)2)28(26,27)24-9-5-6-17(13-24)12-21-20(25)19-11-16(3)23(4)22-19/h7-8,10-11,17H,5-6,9,12-13H2,1-4H3,(H,21,25). The average Bonchev–Trinajstić information content (AvgIpc) is 3.01. The molecule has 1 amide bonds. The summed E-state index contributed by atoms with van der Waals surface area (Å²) in [6, 6.07) is 7.00. The van der Waals surface area contributed by atoms with E-state index in [1.807, 2.05) is 26.8 Å². The van der Waals surface area contributed by atoms with Crippen molar-refractivity contribution in [2.24, 2.45) is 13.0 Å². The maximum atomic E-state index is 13.0. The molecule has 0 aliphatic carbocycles. The molecule has 1 N–H and O–H groups in total. The molecule has 1 aromatic heterocycles. The molecule has 8 heteroatoms. The maximum Gasteiger partial charge on any atom is 0.271 e. The summed E-state index contributed by atoms with van der Waals surface area (Å²) in [6.45, 7) is 7.14. The van der Waals surface area contributed by atoms with Crippen LogP contribution in [0.4, 0.5) is 0 Å². The van der Waals surface area contributed by atoms with Crippen molar-refractivity contribution in [2.75, 3.05) is 19.6 Å². The summed E-state index contributed by atoms with van der Waals surface area (Å²) in [6.07, 6.45) is 1.67. The molecule has 0 radical (unpaired) electrons. The summed E-state index contributed by atoms with van der Waals surface area (Å²) >= 11 is 0. The molecule has 152 valence electrons. The number of hydrogen-bond donors (Lipinski definition) is 1. The van der Waals surface area contributed by atoms with Gasteiger partial charge < -0.3 is 5.32 Å². The Morgan fingerprint density at radius 3 is 2.61 bits per heavy atom. The number of aromatic nitrogens is 2. The van der Waals surface area contributed by atoms with Gasteiger partial charge in [0.1, 0.15) is 5.69 Å². The molecule has 1 aromatic carbocycles. The van der Waals surface area contributed by atoms with Gasteiger partial charge in [0.15, 0.2) is 0 Å². The Morgan fingerprint density at radius 2 is 1.96 bits per heavy atom. The van der Waals surface area contributed by atoms with Crippen LogP contribution in [0.15, 0.2) is 29.2 Å². The first-order valence-corrected chi connectivity index (χ1v) is 11.0. The van der Waals surface area contributed by atoms with Gasteiger partial charge in [-0.2, -0.15) is 9.40 Å². The number of rotatable bonds is 5. The Morgan fingerprint density at radius 1 is 1.21 bits per heavy atom. The minimum atomic E-state index is -3.52. The summed E-state index contributed by atoms with van der Waals surface area (Å²) < 4.78 is 29.2. The van der Waals surface area contributed by atoms with E-state index in [1.54, 1.807) is 34.2 Å². The van der Waals surface area contributed by atoms with Gasteiger partial charge in [0, 0.05) is 32.4 Å². The van der Waals surface area contributed by atoms with Crippen LogP contribution in [0.25, 0.3) is 0 Å². The molecular weight excluding hydrogens is 376 g/mol. The minimum Gasteiger partial charge on any atom is -0.350 e. The molecule has 28 heavy (non-hydrogen) atoms. The van der Waals surface area contributed by atoms with Crippen LogP contribution in [0, 0.1) is 26.7 Å². The lowest BCUT2D eigenvalue weighted by molar-refractivity contribution is 0.0936. The molecule has 1 fully saturated rings. The van der Waals surface area contributed by atoms with Gasteiger partial charge in [0.2, 0.25) is 10.0 Å². The van der Waals surface area contributed by atoms with Crippen molar-refractivity contribution >= 4 is 15.9 Å². The SMILES string of the molecule is Cc1ccc(S(=O)(=O)N2CCCC(CNC(=O)c3cc(C)n(C)n3)C2)cc1C. The van der Waals surface area contributed by atoms with E-state index in [0.29, 0.717) is 30.2 Å². The van der Waals surface area contributed by atoms with Crippen LogP contribution in [0.3, 0.4) is 0 Å². The molecule has 2 aromatic rings. The third-order valence-electron chi connectivity index (χ3n) is 5.50. The fourth-order valence-electron chi connectivity index (χ4n) is 3.43. The van der Waals surface area contributed by atoms with E-state index >= 15 is 0 Å². The predicted molar refractivity (Wildman–Crippen MR) is 108 cm³/mol. The molecule has 3 rings (SSSR count). The lowest BCUT2D eigenvalue weighted by Crippen LogP contribution is -2.43. The summed E-state index contributed by atoms with van der Waals surface area (Å²) in [5, 5.41) is 7.08. The molecule has 7 nitrogen and oxygen atoms in total. The highest BCUT2D eigenvalue weighted by Crippen LogP contribution is 2.25. The number of amides is 1. The molecule has 0 saturated carbocycles. The number of carbonyl (C=O) groups excluding carboxylic acids is 1. The highest BCUT2D eigenvalue weighted by atomic mass is 32.2. The van der Waals surface area contributed by atoms with Gasteiger partial charge in [-0.1, -0.05) is 6.07 Å². The molecule has 1 aliphatic heterocycles. The van der Waals surface area contributed by atoms with Crippen molar-refractivity contribution in [1.29, 1.82) is 0 Å². The van der Waals surface area contributed by atoms with Gasteiger partial charge in [0.25, 0.3) is 5.91 Å². The Labute approximate surface area is 166 Å². The Bertz CT molecular complexity index is 962. The topological polar surface area (TPSA) is 84.3 Å². The number of nitrogens with one attached hydrogen (secondary N) is 1. The van der Waals surface area contributed by atoms with Gasteiger partial charge in [-0.15, -0.1) is 0 Å². The first-order valence-electron chi connectivity index (χ1n) is 9.54. The first-order chi connectivity index (χ1) is 13.2. The predicted octanol–water partition coefficient (Wildman–Crippen LogP) is 2.18. The summed E-state index contributed by atoms with van der Waals surface area (Å²) in [4.78, 5) is 12.6. The molecule has 1 atom stereocenters. The van der Waals surface area contributed by atoms with Crippen molar-refractivity contribution in [3.05, 3.63) is 46.8 Å². The van der Waals surface area contributed by atoms with Gasteiger partial charge in [-0.05, 0) is 68.9 Å². The molecule has 1 unspecified atom stereocenters. The molecule has 0 spiro atoms. The van der Waals surface area contributed by atoms with E-state index in [9.17, 15) is 13.2 Å². The number of nitrogens with zero attached hydrogens (tertiary/aromatic N) is 3. The van der Waals surface area contributed by atoms with Crippen LogP contribution in [0.2, 0.25) is 0 Å². The van der Waals surface area contributed by atoms with Crippen LogP contribution < -0.4 is 5.32 Å². The second-order valence-electron chi connectivity index (χ2n) is 7.62. The van der Waals surface area contributed by atoms with Crippen LogP contribution in [0.5, 0.6) is 0 Å². The summed E-state index contributed by atoms with van der Waals surface area (Å²) in [7, 11) is -1.73. The second-order valence-corrected chi connectivity index (χ2v) is 9.56. The van der Waals surface area contributed by atoms with E-state index in [2.05, 4.69) is 10.4 Å². The van der Waals surface area contributed by atoms with Crippen LogP contribution >= 0.6 is 0 Å². The zero-order valence-corrected chi connectivity index (χ0v) is 17.7. The second kappa shape index (κ2) is 8.05. The zero-order chi connectivity index (χ0) is 20.5. The highest BCUT2D eigenvalue weighted by Gasteiger charge is 2.30. The normalized spacial score (nSPS) is 18.2. The average molecular weight is 405 g/mol. The summed E-state index contributed by atoms with van der Waals surface area (Å²) in [5.41, 5.74) is 3.33. The highest BCUT2D eigenvalue weighted by molar-refractivity contribution is 7.89. The van der Waals surface area contributed by atoms with E-state index in [-0.39, 0.29) is 11.8 Å². The smallest absolute Gasteiger partial charge is 0.271 e. The van der Waals surface area contributed by atoms with Gasteiger partial charge >= 0.3 is 0 Å². The van der Waals surface area contributed by atoms with E-state index in [1.165, 1.54) is 0 Å². The molecule has 0 bridgehead atoms. The lowest BCUT2D eigenvalue weighted by Gasteiger charge is -2.32. The quantitative estimate of drug-likeness (QED) is 0.828. The third-order valence-corrected chi connectivity index (χ3v) is 7.36. The number of carbonyl (C=O) groups is 1. The van der Waals surface area contributed by atoms with Gasteiger partial charge in [-0.3, -0.25) is 9.48 Å². The third kappa shape index (κ3) is 4.28. The van der Waals surface area contributed by atoms with Crippen molar-refractivity contribution in [1.82, 2.24) is 19.4 Å². The summed E-state index contributed by atoms with van der Waals surface area (Å²) in [5.74, 6) is -0.137. The monoisotopic (exact) mass is 404 g/mol. The zero-order valence-electron chi connectivity index (χ0n) is 16.9. The number of hydrogen-bond acceptors (Lipinski definition) is 4. The van der Waals surface area contributed by atoms with Crippen LogP contribution in [-0.2, 0) is 17.1 Å². The van der Waals surface area contributed by atoms with Crippen molar-refractivity contribution in [3.63, 3.8) is 0 Å². The Hall–Kier alpha value is -2.19. The number of piperidine rings is 1. The van der Waals surface area contributed by atoms with Crippen LogP contribution in [0.1, 0.15) is 40.2 Å².